The number of hydrazine groups is 1. The van der Waals surface area contributed by atoms with Crippen molar-refractivity contribution in [3.63, 3.8) is 0 Å². The first-order chi connectivity index (χ1) is 6.11. The highest BCUT2D eigenvalue weighted by Crippen LogP contribution is 2.23. The van der Waals surface area contributed by atoms with E-state index in [1.54, 1.807) is 0 Å². The molecule has 0 heterocycles. The SMILES string of the molecule is NN.O=C(O)c1ccc(O)c(Cl)c1. The second-order valence-electron chi connectivity index (χ2n) is 1.97. The fourth-order valence-electron chi connectivity index (χ4n) is 0.640. The summed E-state index contributed by atoms with van der Waals surface area (Å²) in [6.07, 6.45) is 0. The fraction of sp³-hybridized carbons (Fsp3) is 0. The summed E-state index contributed by atoms with van der Waals surface area (Å²) in [5.41, 5.74) is 0.0628. The van der Waals surface area contributed by atoms with E-state index < -0.39 is 5.97 Å². The molecule has 0 aromatic heterocycles. The Labute approximate surface area is 79.5 Å². The van der Waals surface area contributed by atoms with Crippen molar-refractivity contribution >= 4 is 17.6 Å². The lowest BCUT2D eigenvalue weighted by Gasteiger charge is -1.96. The predicted octanol–water partition coefficient (Wildman–Crippen LogP) is 0.563. The van der Waals surface area contributed by atoms with Gasteiger partial charge < -0.3 is 10.2 Å². The molecule has 6 N–H and O–H groups in total. The lowest BCUT2D eigenvalue weighted by Crippen LogP contribution is -2.02. The number of aromatic carboxylic acids is 1. The van der Waals surface area contributed by atoms with Gasteiger partial charge in [-0.2, -0.15) is 0 Å². The molecule has 0 aliphatic heterocycles. The van der Waals surface area contributed by atoms with Crippen LogP contribution in [0.4, 0.5) is 0 Å². The van der Waals surface area contributed by atoms with Crippen molar-refractivity contribution in [1.29, 1.82) is 0 Å². The average molecular weight is 205 g/mol. The van der Waals surface area contributed by atoms with Gasteiger partial charge in [-0.15, -0.1) is 0 Å². The number of carboxylic acids is 1. The van der Waals surface area contributed by atoms with Gasteiger partial charge in [-0.3, -0.25) is 11.7 Å². The first kappa shape index (κ1) is 11.7. The Morgan fingerprint density at radius 2 is 1.92 bits per heavy atom. The molecular weight excluding hydrogens is 196 g/mol. The molecule has 0 radical (unpaired) electrons. The van der Waals surface area contributed by atoms with Crippen molar-refractivity contribution in [1.82, 2.24) is 0 Å². The van der Waals surface area contributed by atoms with Gasteiger partial charge in [-0.25, -0.2) is 4.79 Å². The Bertz CT molecular complexity index is 304. The molecule has 1 aromatic rings. The van der Waals surface area contributed by atoms with Gasteiger partial charge in [0, 0.05) is 0 Å². The van der Waals surface area contributed by atoms with E-state index in [1.807, 2.05) is 0 Å². The zero-order valence-electron chi connectivity index (χ0n) is 6.57. The molecule has 0 fully saturated rings. The van der Waals surface area contributed by atoms with Gasteiger partial charge in [0.05, 0.1) is 10.6 Å². The minimum atomic E-state index is -1.06. The zero-order valence-corrected chi connectivity index (χ0v) is 7.32. The number of hydrogen-bond donors (Lipinski definition) is 4. The third-order valence-electron chi connectivity index (χ3n) is 1.19. The zero-order chi connectivity index (χ0) is 10.4. The van der Waals surface area contributed by atoms with Gasteiger partial charge in [0.25, 0.3) is 0 Å². The number of carboxylic acid groups (broad SMARTS) is 1. The maximum atomic E-state index is 10.3. The third-order valence-corrected chi connectivity index (χ3v) is 1.50. The first-order valence-corrected chi connectivity index (χ1v) is 3.54. The van der Waals surface area contributed by atoms with Crippen molar-refractivity contribution in [3.8, 4) is 5.75 Å². The lowest BCUT2D eigenvalue weighted by atomic mass is 10.2. The average Bonchev–Trinajstić information content (AvgIpc) is 2.13. The van der Waals surface area contributed by atoms with Crippen LogP contribution in [0.25, 0.3) is 0 Å². The minimum absolute atomic E-state index is 0.0462. The molecule has 0 bridgehead atoms. The molecule has 6 heteroatoms. The molecule has 13 heavy (non-hydrogen) atoms. The van der Waals surface area contributed by atoms with Gasteiger partial charge >= 0.3 is 5.97 Å². The van der Waals surface area contributed by atoms with E-state index in [0.717, 1.165) is 0 Å². The molecular formula is C7H9ClN2O3. The van der Waals surface area contributed by atoms with Crippen LogP contribution in [-0.4, -0.2) is 16.2 Å². The highest BCUT2D eigenvalue weighted by atomic mass is 35.5. The van der Waals surface area contributed by atoms with Gasteiger partial charge in [0.2, 0.25) is 0 Å². The molecule has 0 spiro atoms. The van der Waals surface area contributed by atoms with Crippen LogP contribution in [0.5, 0.6) is 5.75 Å². The Kier molecular flexibility index (Phi) is 4.83. The Morgan fingerprint density at radius 1 is 1.38 bits per heavy atom. The van der Waals surface area contributed by atoms with E-state index in [1.165, 1.54) is 18.2 Å². The van der Waals surface area contributed by atoms with E-state index >= 15 is 0 Å². The minimum Gasteiger partial charge on any atom is -0.506 e. The van der Waals surface area contributed by atoms with E-state index in [-0.39, 0.29) is 16.3 Å². The van der Waals surface area contributed by atoms with E-state index in [2.05, 4.69) is 11.7 Å². The van der Waals surface area contributed by atoms with Gasteiger partial charge in [-0.1, -0.05) is 11.6 Å². The smallest absolute Gasteiger partial charge is 0.335 e. The number of phenolic OH excluding ortho intramolecular Hbond substituents is 1. The van der Waals surface area contributed by atoms with Gasteiger partial charge in [0.1, 0.15) is 5.75 Å². The molecule has 0 atom stereocenters. The number of aromatic hydroxyl groups is 1. The second-order valence-corrected chi connectivity index (χ2v) is 2.38. The number of nitrogens with two attached hydrogens (primary N) is 2. The van der Waals surface area contributed by atoms with Gasteiger partial charge in [0.15, 0.2) is 0 Å². The summed E-state index contributed by atoms with van der Waals surface area (Å²) in [7, 11) is 0. The lowest BCUT2D eigenvalue weighted by molar-refractivity contribution is 0.0697. The Morgan fingerprint density at radius 3 is 2.31 bits per heavy atom. The molecule has 1 rings (SSSR count). The fourth-order valence-corrected chi connectivity index (χ4v) is 0.820. The summed E-state index contributed by atoms with van der Waals surface area (Å²) < 4.78 is 0. The summed E-state index contributed by atoms with van der Waals surface area (Å²) in [6, 6.07) is 3.72. The maximum Gasteiger partial charge on any atom is 0.335 e. The highest BCUT2D eigenvalue weighted by molar-refractivity contribution is 6.32. The van der Waals surface area contributed by atoms with Crippen LogP contribution < -0.4 is 11.7 Å². The Hall–Kier alpha value is -1.30. The standard InChI is InChI=1S/C7H5ClO3.H4N2/c8-5-3-4(7(10)11)1-2-6(5)9;1-2/h1-3,9H,(H,10,11);1-2H2. The molecule has 0 saturated heterocycles. The molecule has 1 aromatic carbocycles. The maximum absolute atomic E-state index is 10.3. The van der Waals surface area contributed by atoms with Crippen molar-refractivity contribution in [2.45, 2.75) is 0 Å². The number of rotatable bonds is 1. The number of hydrogen-bond acceptors (Lipinski definition) is 4. The van der Waals surface area contributed by atoms with E-state index in [9.17, 15) is 4.79 Å². The monoisotopic (exact) mass is 204 g/mol. The summed E-state index contributed by atoms with van der Waals surface area (Å²) in [5.74, 6) is 6.82. The third kappa shape index (κ3) is 3.29. The molecule has 0 aliphatic rings. The summed E-state index contributed by atoms with van der Waals surface area (Å²) in [4.78, 5) is 10.3. The summed E-state index contributed by atoms with van der Waals surface area (Å²) in [5, 5.41) is 17.4. The van der Waals surface area contributed by atoms with Crippen LogP contribution in [0.2, 0.25) is 5.02 Å². The summed E-state index contributed by atoms with van der Waals surface area (Å²) >= 11 is 5.44. The molecule has 0 unspecified atom stereocenters. The van der Waals surface area contributed by atoms with Crippen molar-refractivity contribution in [3.05, 3.63) is 28.8 Å². The summed E-state index contributed by atoms with van der Waals surface area (Å²) in [6.45, 7) is 0. The molecule has 0 aliphatic carbocycles. The largest absolute Gasteiger partial charge is 0.506 e. The van der Waals surface area contributed by atoms with Crippen LogP contribution in [0, 0.1) is 0 Å². The number of halogens is 1. The molecule has 72 valence electrons. The Balaban J connectivity index is 0.000000671. The van der Waals surface area contributed by atoms with Crippen molar-refractivity contribution in [2.75, 3.05) is 0 Å². The van der Waals surface area contributed by atoms with Crippen LogP contribution in [-0.2, 0) is 0 Å². The first-order valence-electron chi connectivity index (χ1n) is 3.16. The number of carbonyl (C=O) groups is 1. The predicted molar refractivity (Wildman–Crippen MR) is 48.5 cm³/mol. The van der Waals surface area contributed by atoms with Crippen LogP contribution in [0.3, 0.4) is 0 Å². The quantitative estimate of drug-likeness (QED) is 0.395. The normalized spacial score (nSPS) is 8.54. The van der Waals surface area contributed by atoms with E-state index in [0.29, 0.717) is 0 Å². The molecule has 0 saturated carbocycles. The van der Waals surface area contributed by atoms with Gasteiger partial charge in [-0.05, 0) is 18.2 Å². The number of benzene rings is 1. The molecule has 0 amide bonds. The van der Waals surface area contributed by atoms with Crippen LogP contribution in [0.1, 0.15) is 10.4 Å². The topological polar surface area (TPSA) is 110 Å². The van der Waals surface area contributed by atoms with Crippen molar-refractivity contribution in [2.24, 2.45) is 11.7 Å². The second kappa shape index (κ2) is 5.36. The highest BCUT2D eigenvalue weighted by Gasteiger charge is 2.04. The van der Waals surface area contributed by atoms with Crippen LogP contribution >= 0.6 is 11.6 Å². The number of phenols is 1. The van der Waals surface area contributed by atoms with Crippen molar-refractivity contribution < 1.29 is 15.0 Å². The molecule has 5 nitrogen and oxygen atoms in total. The van der Waals surface area contributed by atoms with E-state index in [4.69, 9.17) is 21.8 Å². The van der Waals surface area contributed by atoms with Crippen LogP contribution in [0.15, 0.2) is 18.2 Å².